The molecule has 1 heterocycles. The Kier molecular flexibility index (Phi) is 6.85. The normalized spacial score (nSPS) is 27.8. The first-order chi connectivity index (χ1) is 11.4. The Hall–Kier alpha value is -2.24. The predicted molar refractivity (Wildman–Crippen MR) is 75.3 cm³/mol. The van der Waals surface area contributed by atoms with Crippen LogP contribution in [0.5, 0.6) is 0 Å². The average Bonchev–Trinajstić information content (AvgIpc) is 2.42. The van der Waals surface area contributed by atoms with Crippen LogP contribution >= 0.6 is 0 Å². The summed E-state index contributed by atoms with van der Waals surface area (Å²) in [4.78, 5) is 44.9. The van der Waals surface area contributed by atoms with Crippen molar-refractivity contribution < 1.29 is 53.1 Å². The summed E-state index contributed by atoms with van der Waals surface area (Å²) in [6, 6.07) is 0. The smallest absolute Gasteiger partial charge is 0.321 e. The minimum absolute atomic E-state index is 0.541. The fourth-order valence-electron chi connectivity index (χ4n) is 2.26. The number of carbonyl (C=O) groups is 4. The first-order valence-corrected chi connectivity index (χ1v) is 7.21. The quantitative estimate of drug-likeness (QED) is 0.328. The molecule has 0 aromatic heterocycles. The SMILES string of the molecule is CC(=O)OC[C@H]1OC(O)(O)[C@H](OC(C)=O)[C@@H](OC(C)=O)[C@@H]1OC(C)=O. The third-order valence-corrected chi connectivity index (χ3v) is 3.03. The summed E-state index contributed by atoms with van der Waals surface area (Å²) in [6.07, 6.45) is -6.36. The van der Waals surface area contributed by atoms with E-state index in [0.29, 0.717) is 0 Å². The van der Waals surface area contributed by atoms with Crippen molar-refractivity contribution in [3.05, 3.63) is 0 Å². The van der Waals surface area contributed by atoms with Gasteiger partial charge in [0.15, 0.2) is 12.2 Å². The molecule has 0 amide bonds. The van der Waals surface area contributed by atoms with Gasteiger partial charge in [-0.1, -0.05) is 0 Å². The van der Waals surface area contributed by atoms with E-state index >= 15 is 0 Å². The molecule has 0 aromatic rings. The minimum Gasteiger partial charge on any atom is -0.463 e. The number of hydrogen-bond donors (Lipinski definition) is 2. The monoisotopic (exact) mass is 364 g/mol. The highest BCUT2D eigenvalue weighted by Gasteiger charge is 2.59. The van der Waals surface area contributed by atoms with Gasteiger partial charge < -0.3 is 33.9 Å². The summed E-state index contributed by atoms with van der Waals surface area (Å²) in [6.45, 7) is 3.60. The molecule has 11 nitrogen and oxygen atoms in total. The molecule has 0 aromatic carbocycles. The van der Waals surface area contributed by atoms with Crippen LogP contribution in [-0.2, 0) is 42.9 Å². The van der Waals surface area contributed by atoms with E-state index in [0.717, 1.165) is 27.7 Å². The van der Waals surface area contributed by atoms with E-state index in [1.165, 1.54) is 0 Å². The second-order valence-corrected chi connectivity index (χ2v) is 5.30. The zero-order valence-electron chi connectivity index (χ0n) is 14.1. The molecular formula is C14H20O11. The number of rotatable bonds is 5. The summed E-state index contributed by atoms with van der Waals surface area (Å²) >= 11 is 0. The van der Waals surface area contributed by atoms with Crippen LogP contribution < -0.4 is 0 Å². The molecule has 1 fully saturated rings. The lowest BCUT2D eigenvalue weighted by Crippen LogP contribution is -2.68. The van der Waals surface area contributed by atoms with Crippen LogP contribution in [0.3, 0.4) is 0 Å². The molecule has 1 rings (SSSR count). The first-order valence-electron chi connectivity index (χ1n) is 7.21. The molecule has 0 bridgehead atoms. The Morgan fingerprint density at radius 1 is 0.840 bits per heavy atom. The molecule has 1 saturated heterocycles. The standard InChI is InChI=1S/C14H20O11/c1-6(15)21-5-10-11(22-7(2)16)12(23-8(3)17)13(24-9(4)18)14(19,20)25-10/h10-13,19-20H,5H2,1-4H3/t10-,11-,12+,13-/m1/s1. The van der Waals surface area contributed by atoms with Gasteiger partial charge >= 0.3 is 29.9 Å². The fraction of sp³-hybridized carbons (Fsp3) is 0.714. The molecule has 1 aliphatic rings. The maximum atomic E-state index is 11.4. The van der Waals surface area contributed by atoms with E-state index in [-0.39, 0.29) is 0 Å². The molecule has 0 saturated carbocycles. The maximum absolute atomic E-state index is 11.4. The number of esters is 4. The fourth-order valence-corrected chi connectivity index (χ4v) is 2.26. The van der Waals surface area contributed by atoms with Crippen molar-refractivity contribution in [2.24, 2.45) is 0 Å². The maximum Gasteiger partial charge on any atom is 0.321 e. The van der Waals surface area contributed by atoms with Gasteiger partial charge in [-0.25, -0.2) is 0 Å². The highest BCUT2D eigenvalue weighted by molar-refractivity contribution is 5.68. The lowest BCUT2D eigenvalue weighted by atomic mass is 9.96. The molecular weight excluding hydrogens is 344 g/mol. The Labute approximate surface area is 142 Å². The highest BCUT2D eigenvalue weighted by Crippen LogP contribution is 2.32. The van der Waals surface area contributed by atoms with Gasteiger partial charge in [0.1, 0.15) is 12.7 Å². The van der Waals surface area contributed by atoms with E-state index in [1.54, 1.807) is 0 Å². The molecule has 0 radical (unpaired) electrons. The number of ether oxygens (including phenoxy) is 5. The molecule has 0 spiro atoms. The molecule has 4 atom stereocenters. The number of aliphatic hydroxyl groups is 2. The highest BCUT2D eigenvalue weighted by atomic mass is 16.8. The summed E-state index contributed by atoms with van der Waals surface area (Å²) in [7, 11) is 0. The van der Waals surface area contributed by atoms with Gasteiger partial charge in [-0.3, -0.25) is 19.2 Å². The van der Waals surface area contributed by atoms with E-state index < -0.39 is 60.9 Å². The lowest BCUT2D eigenvalue weighted by Gasteiger charge is -2.45. The molecule has 25 heavy (non-hydrogen) atoms. The minimum atomic E-state index is -3.09. The molecule has 142 valence electrons. The van der Waals surface area contributed by atoms with Gasteiger partial charge in [-0.15, -0.1) is 0 Å². The van der Waals surface area contributed by atoms with Gasteiger partial charge in [0.25, 0.3) is 0 Å². The van der Waals surface area contributed by atoms with Crippen LogP contribution in [0.15, 0.2) is 0 Å². The Bertz CT molecular complexity index is 541. The molecule has 1 aliphatic heterocycles. The Balaban J connectivity index is 3.24. The van der Waals surface area contributed by atoms with Gasteiger partial charge in [-0.2, -0.15) is 0 Å². The van der Waals surface area contributed by atoms with Crippen LogP contribution in [0.2, 0.25) is 0 Å². The summed E-state index contributed by atoms with van der Waals surface area (Å²) in [5.41, 5.74) is 0. The Morgan fingerprint density at radius 3 is 1.76 bits per heavy atom. The van der Waals surface area contributed by atoms with Crippen molar-refractivity contribution in [2.75, 3.05) is 6.61 Å². The van der Waals surface area contributed by atoms with Gasteiger partial charge in [0, 0.05) is 27.7 Å². The van der Waals surface area contributed by atoms with Crippen LogP contribution in [0, 0.1) is 0 Å². The molecule has 2 N–H and O–H groups in total. The lowest BCUT2D eigenvalue weighted by molar-refractivity contribution is -0.434. The van der Waals surface area contributed by atoms with Gasteiger partial charge in [-0.05, 0) is 0 Å². The van der Waals surface area contributed by atoms with E-state index in [9.17, 15) is 29.4 Å². The van der Waals surface area contributed by atoms with Crippen molar-refractivity contribution in [1.29, 1.82) is 0 Å². The van der Waals surface area contributed by atoms with Crippen LogP contribution in [-0.4, -0.2) is 71.1 Å². The zero-order chi connectivity index (χ0) is 19.4. The largest absolute Gasteiger partial charge is 0.463 e. The van der Waals surface area contributed by atoms with Crippen LogP contribution in [0.4, 0.5) is 0 Å². The number of carbonyl (C=O) groups excluding carboxylic acids is 4. The van der Waals surface area contributed by atoms with Crippen molar-refractivity contribution in [3.63, 3.8) is 0 Å². The molecule has 11 heteroatoms. The predicted octanol–water partition coefficient (Wildman–Crippen LogP) is -1.62. The average molecular weight is 364 g/mol. The van der Waals surface area contributed by atoms with Crippen molar-refractivity contribution in [2.45, 2.75) is 58.1 Å². The van der Waals surface area contributed by atoms with Gasteiger partial charge in [0.05, 0.1) is 0 Å². The molecule has 0 unspecified atom stereocenters. The third-order valence-electron chi connectivity index (χ3n) is 3.03. The van der Waals surface area contributed by atoms with Crippen molar-refractivity contribution in [3.8, 4) is 0 Å². The second-order valence-electron chi connectivity index (χ2n) is 5.30. The number of hydrogen-bond acceptors (Lipinski definition) is 11. The van der Waals surface area contributed by atoms with Crippen molar-refractivity contribution in [1.82, 2.24) is 0 Å². The van der Waals surface area contributed by atoms with E-state index in [2.05, 4.69) is 0 Å². The van der Waals surface area contributed by atoms with E-state index in [1.807, 2.05) is 0 Å². The summed E-state index contributed by atoms with van der Waals surface area (Å²) in [5.74, 6) is -6.42. The second kappa shape index (κ2) is 8.23. The summed E-state index contributed by atoms with van der Waals surface area (Å²) < 4.78 is 24.4. The topological polar surface area (TPSA) is 155 Å². The third kappa shape index (κ3) is 5.96. The van der Waals surface area contributed by atoms with Gasteiger partial charge in [0.2, 0.25) is 6.10 Å². The molecule has 0 aliphatic carbocycles. The zero-order valence-corrected chi connectivity index (χ0v) is 14.1. The van der Waals surface area contributed by atoms with E-state index in [4.69, 9.17) is 23.7 Å². The Morgan fingerprint density at radius 2 is 1.32 bits per heavy atom. The first kappa shape index (κ1) is 20.8. The van der Waals surface area contributed by atoms with Crippen LogP contribution in [0.25, 0.3) is 0 Å². The van der Waals surface area contributed by atoms with Crippen molar-refractivity contribution >= 4 is 23.9 Å². The summed E-state index contributed by atoms with van der Waals surface area (Å²) in [5, 5.41) is 20.1. The van der Waals surface area contributed by atoms with Crippen LogP contribution in [0.1, 0.15) is 27.7 Å².